The lowest BCUT2D eigenvalue weighted by molar-refractivity contribution is 0.475. The second kappa shape index (κ2) is 2.35. The zero-order valence-corrected chi connectivity index (χ0v) is 4.96. The highest BCUT2D eigenvalue weighted by molar-refractivity contribution is 5.47. The fourth-order valence-electron chi connectivity index (χ4n) is 0.556. The molecule has 0 unspecified atom stereocenters. The topological polar surface area (TPSA) is 20.2 Å². The number of benzene rings is 1. The Bertz CT molecular complexity index is 198. The second-order valence-electron chi connectivity index (χ2n) is 1.71. The minimum absolute atomic E-state index is 0.237. The smallest absolute Gasteiger partial charge is 0.116 e. The van der Waals surface area contributed by atoms with Crippen molar-refractivity contribution >= 4 is 6.08 Å². The molecule has 45 valence electrons. The molecule has 0 saturated heterocycles. The van der Waals surface area contributed by atoms with Gasteiger partial charge in [-0.1, -0.05) is 18.7 Å². The number of phenolic OH excluding ortho intramolecular Hbond substituents is 1. The van der Waals surface area contributed by atoms with Gasteiger partial charge in [0.1, 0.15) is 5.75 Å². The lowest BCUT2D eigenvalue weighted by Gasteiger charge is -1.89. The maximum absolute atomic E-state index is 8.79. The Morgan fingerprint density at radius 1 is 1.56 bits per heavy atom. The van der Waals surface area contributed by atoms with Crippen LogP contribution in [0.3, 0.4) is 0 Å². The summed E-state index contributed by atoms with van der Waals surface area (Å²) in [5.41, 5.74) is 0.896. The molecule has 0 spiro atoms. The Labute approximate surface area is 54.3 Å². The van der Waals surface area contributed by atoms with Gasteiger partial charge in [-0.25, -0.2) is 0 Å². The lowest BCUT2D eigenvalue weighted by Crippen LogP contribution is -1.68. The van der Waals surface area contributed by atoms with Gasteiger partial charge >= 0.3 is 0 Å². The molecule has 1 aromatic rings. The van der Waals surface area contributed by atoms with E-state index in [0.717, 1.165) is 5.56 Å². The van der Waals surface area contributed by atoms with E-state index < -0.39 is 0 Å². The molecule has 1 heteroatoms. The molecule has 1 N–H and O–H groups in total. The van der Waals surface area contributed by atoms with Crippen molar-refractivity contribution in [1.29, 1.82) is 0 Å². The van der Waals surface area contributed by atoms with Crippen molar-refractivity contribution < 1.29 is 5.11 Å². The van der Waals surface area contributed by atoms with Gasteiger partial charge in [-0.2, -0.15) is 0 Å². The summed E-state index contributed by atoms with van der Waals surface area (Å²) >= 11 is 0. The number of phenols is 1. The molecule has 0 atom stereocenters. The summed E-state index contributed by atoms with van der Waals surface area (Å²) in [6.07, 6.45) is 1.68. The minimum Gasteiger partial charge on any atom is -0.508 e. The highest BCUT2D eigenvalue weighted by atomic mass is 16.3. The van der Waals surface area contributed by atoms with Gasteiger partial charge in [0.05, 0.1) is 0 Å². The molecule has 0 saturated carbocycles. The molecule has 0 fully saturated rings. The van der Waals surface area contributed by atoms with Crippen molar-refractivity contribution in [2.45, 2.75) is 0 Å². The molecule has 1 rings (SSSR count). The molecule has 1 aromatic carbocycles. The van der Waals surface area contributed by atoms with Crippen LogP contribution in [0.4, 0.5) is 0 Å². The summed E-state index contributed by atoms with van der Waals surface area (Å²) in [4.78, 5) is 0. The quantitative estimate of drug-likeness (QED) is 0.598. The second-order valence-corrected chi connectivity index (χ2v) is 1.71. The van der Waals surface area contributed by atoms with Gasteiger partial charge in [-0.15, -0.1) is 0 Å². The Kier molecular flexibility index (Phi) is 1.54. The van der Waals surface area contributed by atoms with Crippen LogP contribution in [0.2, 0.25) is 0 Å². The van der Waals surface area contributed by atoms with E-state index in [1.165, 1.54) is 6.07 Å². The highest BCUT2D eigenvalue weighted by Crippen LogP contribution is 2.08. The van der Waals surface area contributed by atoms with E-state index in [2.05, 4.69) is 12.6 Å². The summed E-state index contributed by atoms with van der Waals surface area (Å²) < 4.78 is 0. The van der Waals surface area contributed by atoms with Crippen molar-refractivity contribution in [3.8, 4) is 5.75 Å². The van der Waals surface area contributed by atoms with Crippen LogP contribution in [-0.4, -0.2) is 5.11 Å². The third-order valence-corrected chi connectivity index (χ3v) is 1.04. The summed E-state index contributed by atoms with van der Waals surface area (Å²) in [5.74, 6) is 0.237. The molecule has 0 heterocycles. The van der Waals surface area contributed by atoms with E-state index in [4.69, 9.17) is 5.11 Å². The zero-order valence-electron chi connectivity index (χ0n) is 4.96. The van der Waals surface area contributed by atoms with E-state index in [0.29, 0.717) is 0 Å². The van der Waals surface area contributed by atoms with Crippen LogP contribution >= 0.6 is 0 Å². The van der Waals surface area contributed by atoms with Gasteiger partial charge < -0.3 is 5.11 Å². The largest absolute Gasteiger partial charge is 0.508 e. The number of hydrogen-bond acceptors (Lipinski definition) is 1. The van der Waals surface area contributed by atoms with Gasteiger partial charge in [-0.3, -0.25) is 0 Å². The average molecular weight is 119 g/mol. The Morgan fingerprint density at radius 3 is 2.78 bits per heavy atom. The van der Waals surface area contributed by atoms with Crippen molar-refractivity contribution in [2.24, 2.45) is 0 Å². The van der Waals surface area contributed by atoms with Gasteiger partial charge in [0, 0.05) is 0 Å². The SMILES string of the molecule is C=Cc1[c]cc(O)cc1. The van der Waals surface area contributed by atoms with Crippen molar-refractivity contribution in [3.63, 3.8) is 0 Å². The summed E-state index contributed by atoms with van der Waals surface area (Å²) in [7, 11) is 0. The normalized spacial score (nSPS) is 8.89. The first-order chi connectivity index (χ1) is 4.33. The molecular formula is C8H7O. The fraction of sp³-hybridized carbons (Fsp3) is 0. The van der Waals surface area contributed by atoms with Crippen molar-refractivity contribution in [3.05, 3.63) is 36.4 Å². The predicted octanol–water partition coefficient (Wildman–Crippen LogP) is 1.84. The Morgan fingerprint density at radius 2 is 2.33 bits per heavy atom. The fourth-order valence-corrected chi connectivity index (χ4v) is 0.556. The molecule has 0 aliphatic heterocycles. The summed E-state index contributed by atoms with van der Waals surface area (Å²) in [6, 6.07) is 7.69. The van der Waals surface area contributed by atoms with Gasteiger partial charge in [0.15, 0.2) is 0 Å². The minimum atomic E-state index is 0.237. The van der Waals surface area contributed by atoms with Crippen molar-refractivity contribution in [2.75, 3.05) is 0 Å². The van der Waals surface area contributed by atoms with Crippen LogP contribution in [0.5, 0.6) is 5.75 Å². The highest BCUT2D eigenvalue weighted by Gasteiger charge is 1.85. The van der Waals surface area contributed by atoms with Crippen LogP contribution in [0.15, 0.2) is 24.8 Å². The first-order valence-electron chi connectivity index (χ1n) is 2.66. The van der Waals surface area contributed by atoms with Crippen LogP contribution in [0, 0.1) is 6.07 Å². The molecule has 0 aliphatic rings. The van der Waals surface area contributed by atoms with Gasteiger partial charge in [-0.05, 0) is 23.8 Å². The van der Waals surface area contributed by atoms with Crippen LogP contribution in [0.25, 0.3) is 6.08 Å². The lowest BCUT2D eigenvalue weighted by atomic mass is 10.2. The first-order valence-corrected chi connectivity index (χ1v) is 2.66. The molecule has 0 bridgehead atoms. The summed E-state index contributed by atoms with van der Waals surface area (Å²) in [6.45, 7) is 3.55. The zero-order chi connectivity index (χ0) is 6.69. The number of hydrogen-bond donors (Lipinski definition) is 1. The van der Waals surface area contributed by atoms with E-state index in [1.807, 2.05) is 0 Å². The molecular weight excluding hydrogens is 112 g/mol. The molecule has 0 amide bonds. The standard InChI is InChI=1S/C8H7O/c1-2-7-3-5-8(9)6-4-7/h2-3,5-6,9H,1H2. The average Bonchev–Trinajstić information content (AvgIpc) is 1.90. The van der Waals surface area contributed by atoms with E-state index in [1.54, 1.807) is 18.2 Å². The van der Waals surface area contributed by atoms with Crippen molar-refractivity contribution in [1.82, 2.24) is 0 Å². The van der Waals surface area contributed by atoms with E-state index in [9.17, 15) is 0 Å². The van der Waals surface area contributed by atoms with Crippen LogP contribution < -0.4 is 0 Å². The van der Waals surface area contributed by atoms with Crippen LogP contribution in [0.1, 0.15) is 5.56 Å². The maximum Gasteiger partial charge on any atom is 0.116 e. The maximum atomic E-state index is 8.79. The monoisotopic (exact) mass is 119 g/mol. The molecule has 9 heavy (non-hydrogen) atoms. The van der Waals surface area contributed by atoms with E-state index >= 15 is 0 Å². The summed E-state index contributed by atoms with van der Waals surface area (Å²) in [5, 5.41) is 8.79. The third-order valence-electron chi connectivity index (χ3n) is 1.04. The third kappa shape index (κ3) is 1.32. The van der Waals surface area contributed by atoms with Gasteiger partial charge in [0.2, 0.25) is 0 Å². The first kappa shape index (κ1) is 5.89. The van der Waals surface area contributed by atoms with Gasteiger partial charge in [0.25, 0.3) is 0 Å². The molecule has 1 radical (unpaired) electrons. The molecule has 0 aliphatic carbocycles. The molecule has 1 nitrogen and oxygen atoms in total. The Hall–Kier alpha value is -1.24. The number of rotatable bonds is 1. The Balaban J connectivity index is 3.01. The molecule has 0 aromatic heterocycles. The predicted molar refractivity (Wildman–Crippen MR) is 37.0 cm³/mol. The number of aromatic hydroxyl groups is 1. The van der Waals surface area contributed by atoms with Crippen LogP contribution in [-0.2, 0) is 0 Å². The van der Waals surface area contributed by atoms with E-state index in [-0.39, 0.29) is 5.75 Å².